The third-order valence-electron chi connectivity index (χ3n) is 3.68. The number of likely N-dealkylation sites (tertiary alicyclic amines) is 1. The smallest absolute Gasteiger partial charge is 0.251 e. The number of aliphatic hydroxyl groups is 1. The summed E-state index contributed by atoms with van der Waals surface area (Å²) >= 11 is 0. The topological polar surface area (TPSA) is 69.6 Å². The summed E-state index contributed by atoms with van der Waals surface area (Å²) in [5.74, 6) is 0.114. The molecule has 5 nitrogen and oxygen atoms in total. The Morgan fingerprint density at radius 3 is 2.67 bits per heavy atom. The number of carbonyl (C=O) groups excluding carboxylic acids is 2. The van der Waals surface area contributed by atoms with Crippen molar-refractivity contribution in [2.75, 3.05) is 19.7 Å². The first-order chi connectivity index (χ1) is 10.1. The number of hydrogen-bond donors (Lipinski definition) is 2. The van der Waals surface area contributed by atoms with Gasteiger partial charge in [-0.05, 0) is 30.0 Å². The van der Waals surface area contributed by atoms with Crippen LogP contribution in [0.3, 0.4) is 0 Å². The Balaban J connectivity index is 1.89. The van der Waals surface area contributed by atoms with E-state index >= 15 is 0 Å². The highest BCUT2D eigenvalue weighted by Gasteiger charge is 2.19. The van der Waals surface area contributed by atoms with Gasteiger partial charge in [-0.2, -0.15) is 0 Å². The molecule has 21 heavy (non-hydrogen) atoms. The van der Waals surface area contributed by atoms with E-state index in [4.69, 9.17) is 5.11 Å². The van der Waals surface area contributed by atoms with Crippen molar-refractivity contribution < 1.29 is 14.7 Å². The molecule has 0 aliphatic carbocycles. The number of hydrogen-bond acceptors (Lipinski definition) is 3. The summed E-state index contributed by atoms with van der Waals surface area (Å²) in [7, 11) is 0. The lowest BCUT2D eigenvalue weighted by Gasteiger charge is -2.15. The average Bonchev–Trinajstić information content (AvgIpc) is 2.90. The van der Waals surface area contributed by atoms with Crippen LogP contribution in [0.2, 0.25) is 0 Å². The van der Waals surface area contributed by atoms with E-state index in [0.717, 1.165) is 18.5 Å². The van der Waals surface area contributed by atoms with Crippen LogP contribution in [0.5, 0.6) is 0 Å². The molecule has 1 fully saturated rings. The van der Waals surface area contributed by atoms with Crippen LogP contribution in [0.25, 0.3) is 0 Å². The molecule has 0 aromatic heterocycles. The van der Waals surface area contributed by atoms with Crippen molar-refractivity contribution in [3.8, 4) is 0 Å². The van der Waals surface area contributed by atoms with Gasteiger partial charge >= 0.3 is 0 Å². The second kappa shape index (κ2) is 7.22. The first-order valence-electron chi connectivity index (χ1n) is 7.36. The molecule has 0 saturated carbocycles. The van der Waals surface area contributed by atoms with Gasteiger partial charge in [-0.1, -0.05) is 19.1 Å². The van der Waals surface area contributed by atoms with E-state index in [-0.39, 0.29) is 24.3 Å². The maximum Gasteiger partial charge on any atom is 0.251 e. The number of rotatable bonds is 6. The number of benzene rings is 1. The van der Waals surface area contributed by atoms with Crippen molar-refractivity contribution in [1.29, 1.82) is 0 Å². The molecular formula is C16H22N2O3. The molecule has 2 N–H and O–H groups in total. The maximum atomic E-state index is 11.9. The standard InChI is InChI=1S/C16H22N2O3/c1-12(11-19)9-17-16(21)14-6-4-13(5-7-14)10-18-8-2-3-15(18)20/h4-7,12,19H,2-3,8-11H2,1H3,(H,17,21). The highest BCUT2D eigenvalue weighted by Crippen LogP contribution is 2.14. The van der Waals surface area contributed by atoms with Gasteiger partial charge in [0.1, 0.15) is 0 Å². The van der Waals surface area contributed by atoms with Gasteiger partial charge in [0.25, 0.3) is 5.91 Å². The van der Waals surface area contributed by atoms with E-state index in [1.54, 1.807) is 12.1 Å². The Morgan fingerprint density at radius 1 is 1.38 bits per heavy atom. The third kappa shape index (κ3) is 4.29. The number of carbonyl (C=O) groups is 2. The van der Waals surface area contributed by atoms with Crippen LogP contribution in [-0.4, -0.2) is 41.5 Å². The van der Waals surface area contributed by atoms with E-state index in [2.05, 4.69) is 5.32 Å². The predicted molar refractivity (Wildman–Crippen MR) is 79.7 cm³/mol. The molecular weight excluding hydrogens is 268 g/mol. The van der Waals surface area contributed by atoms with Crippen LogP contribution in [-0.2, 0) is 11.3 Å². The van der Waals surface area contributed by atoms with Crippen LogP contribution in [0, 0.1) is 5.92 Å². The highest BCUT2D eigenvalue weighted by molar-refractivity contribution is 5.94. The molecule has 0 spiro atoms. The molecule has 1 aromatic rings. The molecule has 1 aliphatic rings. The van der Waals surface area contributed by atoms with Crippen LogP contribution in [0.4, 0.5) is 0 Å². The molecule has 1 unspecified atom stereocenters. The number of nitrogens with one attached hydrogen (secondary N) is 1. The average molecular weight is 290 g/mol. The summed E-state index contributed by atoms with van der Waals surface area (Å²) in [6.45, 7) is 3.82. The van der Waals surface area contributed by atoms with Crippen molar-refractivity contribution in [2.45, 2.75) is 26.3 Å². The van der Waals surface area contributed by atoms with Gasteiger partial charge in [0, 0.05) is 38.2 Å². The van der Waals surface area contributed by atoms with Crippen LogP contribution >= 0.6 is 0 Å². The Labute approximate surface area is 125 Å². The largest absolute Gasteiger partial charge is 0.396 e. The number of amides is 2. The Morgan fingerprint density at radius 2 is 2.10 bits per heavy atom. The fourth-order valence-electron chi connectivity index (χ4n) is 2.29. The summed E-state index contributed by atoms with van der Waals surface area (Å²) in [5, 5.41) is 11.7. The molecule has 1 aliphatic heterocycles. The lowest BCUT2D eigenvalue weighted by Crippen LogP contribution is -2.29. The summed E-state index contributed by atoms with van der Waals surface area (Å²) in [4.78, 5) is 25.3. The van der Waals surface area contributed by atoms with Gasteiger partial charge in [-0.3, -0.25) is 9.59 Å². The van der Waals surface area contributed by atoms with E-state index in [1.165, 1.54) is 0 Å². The molecule has 1 atom stereocenters. The summed E-state index contributed by atoms with van der Waals surface area (Å²) in [6, 6.07) is 7.32. The maximum absolute atomic E-state index is 11.9. The van der Waals surface area contributed by atoms with Gasteiger partial charge in [-0.15, -0.1) is 0 Å². The van der Waals surface area contributed by atoms with Crippen molar-refractivity contribution in [3.05, 3.63) is 35.4 Å². The lowest BCUT2D eigenvalue weighted by molar-refractivity contribution is -0.128. The lowest BCUT2D eigenvalue weighted by atomic mass is 10.1. The van der Waals surface area contributed by atoms with Crippen LogP contribution in [0.1, 0.15) is 35.7 Å². The Bertz CT molecular complexity index is 499. The number of nitrogens with zero attached hydrogens (tertiary/aromatic N) is 1. The SMILES string of the molecule is CC(CO)CNC(=O)c1ccc(CN2CCCC2=O)cc1. The van der Waals surface area contributed by atoms with Crippen molar-refractivity contribution >= 4 is 11.8 Å². The van der Waals surface area contributed by atoms with Gasteiger partial charge in [0.05, 0.1) is 0 Å². The predicted octanol–water partition coefficient (Wildman–Crippen LogP) is 1.17. The molecule has 1 aromatic carbocycles. The summed E-state index contributed by atoms with van der Waals surface area (Å²) in [5.41, 5.74) is 1.63. The van der Waals surface area contributed by atoms with Crippen molar-refractivity contribution in [2.24, 2.45) is 5.92 Å². The van der Waals surface area contributed by atoms with Crippen LogP contribution < -0.4 is 5.32 Å². The van der Waals surface area contributed by atoms with Crippen molar-refractivity contribution in [3.63, 3.8) is 0 Å². The zero-order valence-corrected chi connectivity index (χ0v) is 12.3. The van der Waals surface area contributed by atoms with Crippen LogP contribution in [0.15, 0.2) is 24.3 Å². The van der Waals surface area contributed by atoms with Crippen molar-refractivity contribution in [1.82, 2.24) is 10.2 Å². The zero-order valence-electron chi connectivity index (χ0n) is 12.3. The first kappa shape index (κ1) is 15.5. The van der Waals surface area contributed by atoms with Gasteiger partial charge < -0.3 is 15.3 Å². The molecule has 1 saturated heterocycles. The molecule has 1 heterocycles. The molecule has 0 radical (unpaired) electrons. The second-order valence-corrected chi connectivity index (χ2v) is 5.61. The number of aliphatic hydroxyl groups excluding tert-OH is 1. The molecule has 114 valence electrons. The van der Waals surface area contributed by atoms with E-state index in [9.17, 15) is 9.59 Å². The second-order valence-electron chi connectivity index (χ2n) is 5.61. The fraction of sp³-hybridized carbons (Fsp3) is 0.500. The minimum atomic E-state index is -0.140. The monoisotopic (exact) mass is 290 g/mol. The van der Waals surface area contributed by atoms with E-state index < -0.39 is 0 Å². The minimum absolute atomic E-state index is 0.0504. The fourth-order valence-corrected chi connectivity index (χ4v) is 2.29. The third-order valence-corrected chi connectivity index (χ3v) is 3.68. The molecule has 2 rings (SSSR count). The van der Waals surface area contributed by atoms with E-state index in [1.807, 2.05) is 24.0 Å². The normalized spacial score (nSPS) is 16.1. The minimum Gasteiger partial charge on any atom is -0.396 e. The zero-order chi connectivity index (χ0) is 15.2. The van der Waals surface area contributed by atoms with Gasteiger partial charge in [0.15, 0.2) is 0 Å². The quantitative estimate of drug-likeness (QED) is 0.826. The first-order valence-corrected chi connectivity index (χ1v) is 7.36. The summed E-state index contributed by atoms with van der Waals surface area (Å²) < 4.78 is 0. The van der Waals surface area contributed by atoms with E-state index in [0.29, 0.717) is 25.1 Å². The molecule has 5 heteroatoms. The molecule has 2 amide bonds. The van der Waals surface area contributed by atoms with Gasteiger partial charge in [-0.25, -0.2) is 0 Å². The Kier molecular flexibility index (Phi) is 5.33. The highest BCUT2D eigenvalue weighted by atomic mass is 16.3. The Hall–Kier alpha value is -1.88. The molecule has 0 bridgehead atoms. The van der Waals surface area contributed by atoms with Gasteiger partial charge in [0.2, 0.25) is 5.91 Å². The summed E-state index contributed by atoms with van der Waals surface area (Å²) in [6.07, 6.45) is 1.58.